The van der Waals surface area contributed by atoms with Gasteiger partial charge in [-0.25, -0.2) is 4.79 Å². The Hall–Kier alpha value is -2.30. The maximum Gasteiger partial charge on any atom is 0.379 e. The predicted molar refractivity (Wildman–Crippen MR) is 60.9 cm³/mol. The van der Waals surface area contributed by atoms with Crippen LogP contribution in [0.5, 0.6) is 5.75 Å². The Morgan fingerprint density at radius 3 is 2.88 bits per heavy atom. The third-order valence-corrected chi connectivity index (χ3v) is 2.37. The second kappa shape index (κ2) is 4.29. The molecule has 1 aromatic carbocycles. The van der Waals surface area contributed by atoms with Gasteiger partial charge in [-0.05, 0) is 25.1 Å². The summed E-state index contributed by atoms with van der Waals surface area (Å²) in [6.45, 7) is 1.78. The molecule has 0 saturated carbocycles. The fourth-order valence-electron chi connectivity index (χ4n) is 1.60. The van der Waals surface area contributed by atoms with Crippen LogP contribution in [0.2, 0.25) is 0 Å². The number of aromatic hydroxyl groups is 1. The van der Waals surface area contributed by atoms with E-state index in [1.807, 2.05) is 0 Å². The van der Waals surface area contributed by atoms with E-state index < -0.39 is 11.8 Å². The Morgan fingerprint density at radius 2 is 2.18 bits per heavy atom. The van der Waals surface area contributed by atoms with Crippen molar-refractivity contribution in [2.24, 2.45) is 0 Å². The first-order chi connectivity index (χ1) is 8.13. The Bertz CT molecular complexity index is 585. The van der Waals surface area contributed by atoms with Crippen LogP contribution < -0.4 is 0 Å². The lowest BCUT2D eigenvalue weighted by Gasteiger charge is -1.99. The Morgan fingerprint density at radius 1 is 1.41 bits per heavy atom. The number of nitrogens with one attached hydrogen (secondary N) is 1. The number of carbonyl (C=O) groups excluding carboxylic acids is 2. The van der Waals surface area contributed by atoms with Gasteiger partial charge in [-0.1, -0.05) is 0 Å². The number of esters is 1. The lowest BCUT2D eigenvalue weighted by atomic mass is 10.1. The number of rotatable bonds is 3. The molecule has 0 fully saturated rings. The number of ether oxygens (including phenoxy) is 1. The summed E-state index contributed by atoms with van der Waals surface area (Å²) in [6.07, 6.45) is 1.43. The van der Waals surface area contributed by atoms with Crippen molar-refractivity contribution < 1.29 is 19.4 Å². The van der Waals surface area contributed by atoms with Crippen LogP contribution in [-0.4, -0.2) is 28.4 Å². The number of fused-ring (bicyclic) bond motifs is 1. The Balaban J connectivity index is 2.45. The molecule has 1 aromatic heterocycles. The van der Waals surface area contributed by atoms with E-state index in [1.165, 1.54) is 18.3 Å². The number of phenols is 1. The molecule has 5 nitrogen and oxygen atoms in total. The zero-order valence-corrected chi connectivity index (χ0v) is 9.19. The van der Waals surface area contributed by atoms with Crippen molar-refractivity contribution in [2.45, 2.75) is 6.92 Å². The average molecular weight is 233 g/mol. The maximum atomic E-state index is 11.7. The van der Waals surface area contributed by atoms with Crippen molar-refractivity contribution in [1.82, 2.24) is 4.98 Å². The van der Waals surface area contributed by atoms with Gasteiger partial charge in [0.05, 0.1) is 12.2 Å². The summed E-state index contributed by atoms with van der Waals surface area (Å²) in [6, 6.07) is 4.56. The van der Waals surface area contributed by atoms with Crippen molar-refractivity contribution in [3.8, 4) is 5.75 Å². The molecule has 0 aliphatic rings. The van der Waals surface area contributed by atoms with Crippen LogP contribution in [0.1, 0.15) is 17.3 Å². The van der Waals surface area contributed by atoms with Gasteiger partial charge >= 0.3 is 5.97 Å². The van der Waals surface area contributed by atoms with E-state index in [1.54, 1.807) is 13.0 Å². The number of Topliss-reactive ketones (excluding diaryl/α,β-unsaturated/α-hetero) is 1. The number of hydrogen-bond acceptors (Lipinski definition) is 4. The number of aromatic amines is 1. The molecule has 0 saturated heterocycles. The lowest BCUT2D eigenvalue weighted by molar-refractivity contribution is -0.137. The van der Waals surface area contributed by atoms with Gasteiger partial charge in [-0.2, -0.15) is 0 Å². The minimum Gasteiger partial charge on any atom is -0.508 e. The Kier molecular flexibility index (Phi) is 2.82. The molecular formula is C12H11NO4. The molecule has 5 heteroatoms. The minimum absolute atomic E-state index is 0.0370. The SMILES string of the molecule is CCOC(=O)C(=O)c1c[nH]c2ccc(O)cc12. The number of H-pyrrole nitrogens is 1. The summed E-state index contributed by atoms with van der Waals surface area (Å²) in [5.74, 6) is -1.57. The predicted octanol–water partition coefficient (Wildman–Crippen LogP) is 1.62. The number of carbonyl (C=O) groups is 2. The van der Waals surface area contributed by atoms with Crippen LogP contribution in [0.3, 0.4) is 0 Å². The van der Waals surface area contributed by atoms with Gasteiger partial charge in [0.2, 0.25) is 0 Å². The van der Waals surface area contributed by atoms with E-state index in [-0.39, 0.29) is 17.9 Å². The second-order valence-electron chi connectivity index (χ2n) is 3.48. The highest BCUT2D eigenvalue weighted by Gasteiger charge is 2.21. The van der Waals surface area contributed by atoms with E-state index >= 15 is 0 Å². The molecule has 0 aliphatic heterocycles. The molecule has 0 spiro atoms. The number of aromatic nitrogens is 1. The van der Waals surface area contributed by atoms with E-state index in [0.29, 0.717) is 10.9 Å². The number of benzene rings is 1. The van der Waals surface area contributed by atoms with Gasteiger partial charge in [-0.3, -0.25) is 4.79 Å². The van der Waals surface area contributed by atoms with Gasteiger partial charge in [0.15, 0.2) is 0 Å². The first-order valence-corrected chi connectivity index (χ1v) is 5.15. The van der Waals surface area contributed by atoms with Crippen LogP contribution in [0.25, 0.3) is 10.9 Å². The molecular weight excluding hydrogens is 222 g/mol. The van der Waals surface area contributed by atoms with Crippen LogP contribution >= 0.6 is 0 Å². The normalized spacial score (nSPS) is 10.4. The number of phenolic OH excluding ortho intramolecular Hbond substituents is 1. The molecule has 0 aliphatic carbocycles. The highest BCUT2D eigenvalue weighted by molar-refractivity contribution is 6.43. The van der Waals surface area contributed by atoms with Gasteiger partial charge in [0.25, 0.3) is 5.78 Å². The molecule has 0 atom stereocenters. The monoisotopic (exact) mass is 233 g/mol. The molecule has 2 aromatic rings. The van der Waals surface area contributed by atoms with Crippen LogP contribution in [-0.2, 0) is 9.53 Å². The van der Waals surface area contributed by atoms with E-state index in [9.17, 15) is 14.7 Å². The third kappa shape index (κ3) is 1.99. The van der Waals surface area contributed by atoms with Gasteiger partial charge in [0, 0.05) is 17.1 Å². The molecule has 0 amide bonds. The number of hydrogen-bond donors (Lipinski definition) is 2. The summed E-state index contributed by atoms with van der Waals surface area (Å²) < 4.78 is 4.64. The van der Waals surface area contributed by atoms with Gasteiger partial charge in [0.1, 0.15) is 5.75 Å². The van der Waals surface area contributed by atoms with Crippen molar-refractivity contribution in [2.75, 3.05) is 6.61 Å². The van der Waals surface area contributed by atoms with Gasteiger partial charge < -0.3 is 14.8 Å². The molecule has 2 N–H and O–H groups in total. The summed E-state index contributed by atoms with van der Waals surface area (Å²) in [7, 11) is 0. The van der Waals surface area contributed by atoms with Crippen molar-refractivity contribution in [1.29, 1.82) is 0 Å². The fraction of sp³-hybridized carbons (Fsp3) is 0.167. The van der Waals surface area contributed by atoms with Crippen LogP contribution in [0, 0.1) is 0 Å². The van der Waals surface area contributed by atoms with E-state index in [0.717, 1.165) is 0 Å². The standard InChI is InChI=1S/C12H11NO4/c1-2-17-12(16)11(15)9-6-13-10-4-3-7(14)5-8(9)10/h3-6,13-14H,2H2,1H3. The molecule has 1 heterocycles. The average Bonchev–Trinajstić information content (AvgIpc) is 2.71. The minimum atomic E-state index is -0.892. The maximum absolute atomic E-state index is 11.7. The van der Waals surface area contributed by atoms with Crippen LogP contribution in [0.4, 0.5) is 0 Å². The van der Waals surface area contributed by atoms with Gasteiger partial charge in [-0.15, -0.1) is 0 Å². The number of ketones is 1. The highest BCUT2D eigenvalue weighted by atomic mass is 16.5. The third-order valence-electron chi connectivity index (χ3n) is 2.37. The molecule has 0 bridgehead atoms. The zero-order chi connectivity index (χ0) is 12.4. The Labute approximate surface area is 97.0 Å². The van der Waals surface area contributed by atoms with E-state index in [4.69, 9.17) is 0 Å². The largest absolute Gasteiger partial charge is 0.508 e. The molecule has 2 rings (SSSR count). The van der Waals surface area contributed by atoms with Crippen molar-refractivity contribution >= 4 is 22.7 Å². The first kappa shape index (κ1) is 11.2. The van der Waals surface area contributed by atoms with Crippen LogP contribution in [0.15, 0.2) is 24.4 Å². The molecule has 0 unspecified atom stereocenters. The molecule has 88 valence electrons. The summed E-state index contributed by atoms with van der Waals surface area (Å²) in [4.78, 5) is 25.9. The topological polar surface area (TPSA) is 79.4 Å². The lowest BCUT2D eigenvalue weighted by Crippen LogP contribution is -2.17. The summed E-state index contributed by atoms with van der Waals surface area (Å²) in [5, 5.41) is 9.86. The highest BCUT2D eigenvalue weighted by Crippen LogP contribution is 2.23. The second-order valence-corrected chi connectivity index (χ2v) is 3.48. The van der Waals surface area contributed by atoms with E-state index in [2.05, 4.69) is 9.72 Å². The molecule has 17 heavy (non-hydrogen) atoms. The zero-order valence-electron chi connectivity index (χ0n) is 9.19. The molecule has 0 radical (unpaired) electrons. The van der Waals surface area contributed by atoms with Crippen molar-refractivity contribution in [3.05, 3.63) is 30.0 Å². The quantitative estimate of drug-likeness (QED) is 0.479. The smallest absolute Gasteiger partial charge is 0.379 e. The first-order valence-electron chi connectivity index (χ1n) is 5.15. The van der Waals surface area contributed by atoms with Crippen molar-refractivity contribution in [3.63, 3.8) is 0 Å². The summed E-state index contributed by atoms with van der Waals surface area (Å²) in [5.41, 5.74) is 0.879. The fourth-order valence-corrected chi connectivity index (χ4v) is 1.60. The summed E-state index contributed by atoms with van der Waals surface area (Å²) >= 11 is 0.